The number of carbonyl (C=O) groups is 3. The van der Waals surface area contributed by atoms with Crippen LogP contribution >= 0.6 is 0 Å². The molecule has 2 aromatic carbocycles. The Labute approximate surface area is 276 Å². The summed E-state index contributed by atoms with van der Waals surface area (Å²) in [7, 11) is 1.27. The smallest absolute Gasteiger partial charge is 0.360 e. The van der Waals surface area contributed by atoms with Crippen molar-refractivity contribution in [3.63, 3.8) is 0 Å². The number of anilines is 1. The third kappa shape index (κ3) is 4.75. The van der Waals surface area contributed by atoms with Crippen molar-refractivity contribution in [3.8, 4) is 17.3 Å². The zero-order valence-electron chi connectivity index (χ0n) is 27.4. The Balaban J connectivity index is 1.49. The molecule has 4 N–H and O–H groups in total. The van der Waals surface area contributed by atoms with Gasteiger partial charge in [0.25, 0.3) is 0 Å². The molecule has 2 unspecified atom stereocenters. The number of aryl methyl sites for hydroxylation is 1. The van der Waals surface area contributed by atoms with E-state index in [1.165, 1.54) is 7.11 Å². The van der Waals surface area contributed by atoms with Crippen molar-refractivity contribution < 1.29 is 37.8 Å². The summed E-state index contributed by atoms with van der Waals surface area (Å²) in [6.07, 6.45) is -1.83. The largest absolute Gasteiger partial charge is 0.469 e. The second kappa shape index (κ2) is 11.5. The number of aliphatic hydroxyl groups is 1. The van der Waals surface area contributed by atoms with E-state index in [1.807, 2.05) is 56.3 Å². The van der Waals surface area contributed by atoms with Crippen molar-refractivity contribution in [1.29, 1.82) is 0 Å². The molecule has 2 amide bonds. The van der Waals surface area contributed by atoms with E-state index < -0.39 is 47.6 Å². The summed E-state index contributed by atoms with van der Waals surface area (Å²) in [6.45, 7) is 8.89. The predicted molar refractivity (Wildman–Crippen MR) is 171 cm³/mol. The van der Waals surface area contributed by atoms with Gasteiger partial charge in [0.15, 0.2) is 23.4 Å². The third-order valence-electron chi connectivity index (χ3n) is 9.33. The maximum atomic E-state index is 14.0. The molecular formula is C35H37N5O8. The van der Waals surface area contributed by atoms with E-state index >= 15 is 0 Å². The number of aliphatic hydroxyl groups excluding tert-OH is 1. The minimum Gasteiger partial charge on any atom is -0.469 e. The van der Waals surface area contributed by atoms with Crippen LogP contribution in [0.4, 0.5) is 5.69 Å². The highest BCUT2D eigenvalue weighted by Crippen LogP contribution is 2.59. The van der Waals surface area contributed by atoms with E-state index in [2.05, 4.69) is 20.9 Å². The van der Waals surface area contributed by atoms with E-state index in [0.717, 1.165) is 22.4 Å². The van der Waals surface area contributed by atoms with Crippen molar-refractivity contribution >= 4 is 23.5 Å². The fourth-order valence-electron chi connectivity index (χ4n) is 6.79. The van der Waals surface area contributed by atoms with Crippen LogP contribution in [0, 0.1) is 18.8 Å². The summed E-state index contributed by atoms with van der Waals surface area (Å²) in [4.78, 5) is 49.1. The van der Waals surface area contributed by atoms with Crippen LogP contribution in [0.15, 0.2) is 51.3 Å². The lowest BCUT2D eigenvalue weighted by Gasteiger charge is -2.29. The number of ether oxygens (including phenoxy) is 2. The molecule has 0 aliphatic carbocycles. The summed E-state index contributed by atoms with van der Waals surface area (Å²) in [5, 5.41) is 19.8. The molecule has 3 aliphatic heterocycles. The van der Waals surface area contributed by atoms with Gasteiger partial charge in [-0.25, -0.2) is 14.8 Å². The Morgan fingerprint density at radius 2 is 1.83 bits per heavy atom. The Morgan fingerprint density at radius 3 is 2.56 bits per heavy atom. The lowest BCUT2D eigenvalue weighted by molar-refractivity contribution is -0.135. The molecule has 5 heterocycles. The maximum absolute atomic E-state index is 14.0. The molecule has 4 aromatic rings. The molecule has 0 saturated heterocycles. The first-order chi connectivity index (χ1) is 22.9. The van der Waals surface area contributed by atoms with E-state index in [9.17, 15) is 19.5 Å². The quantitative estimate of drug-likeness (QED) is 0.222. The molecule has 3 aliphatic rings. The molecule has 0 saturated carbocycles. The number of rotatable bonds is 6. The van der Waals surface area contributed by atoms with Gasteiger partial charge >= 0.3 is 5.97 Å². The van der Waals surface area contributed by atoms with Gasteiger partial charge in [0.05, 0.1) is 7.11 Å². The molecule has 0 fully saturated rings. The molecular weight excluding hydrogens is 618 g/mol. The monoisotopic (exact) mass is 655 g/mol. The summed E-state index contributed by atoms with van der Waals surface area (Å²) in [5.74, 6) is -0.951. The Bertz CT molecular complexity index is 1950. The summed E-state index contributed by atoms with van der Waals surface area (Å²) < 4.78 is 24.4. The number of nitrogens with one attached hydrogen (secondary N) is 3. The first kappa shape index (κ1) is 31.4. The lowest BCUT2D eigenvalue weighted by Crippen LogP contribution is -2.52. The summed E-state index contributed by atoms with van der Waals surface area (Å²) in [6, 6.07) is 11.6. The van der Waals surface area contributed by atoms with Crippen LogP contribution in [0.3, 0.4) is 0 Å². The van der Waals surface area contributed by atoms with Crippen molar-refractivity contribution in [2.24, 2.45) is 11.8 Å². The average Bonchev–Trinajstić information content (AvgIpc) is 3.81. The number of nitrogens with zero attached hydrogens (tertiary/aromatic N) is 2. The highest BCUT2D eigenvalue weighted by molar-refractivity contribution is 5.90. The van der Waals surface area contributed by atoms with Gasteiger partial charge in [0.2, 0.25) is 23.6 Å². The molecule has 4 bridgehead atoms. The van der Waals surface area contributed by atoms with Crippen LogP contribution in [0.1, 0.15) is 78.3 Å². The first-order valence-corrected chi connectivity index (χ1v) is 16.0. The minimum absolute atomic E-state index is 0.00107. The predicted octanol–water partition coefficient (Wildman–Crippen LogP) is 3.77. The van der Waals surface area contributed by atoms with Crippen molar-refractivity contribution in [2.75, 3.05) is 12.4 Å². The van der Waals surface area contributed by atoms with Crippen molar-refractivity contribution in [1.82, 2.24) is 20.6 Å². The zero-order valence-corrected chi connectivity index (χ0v) is 27.4. The summed E-state index contributed by atoms with van der Waals surface area (Å²) in [5.41, 5.74) is 2.31. The molecule has 48 heavy (non-hydrogen) atoms. The molecule has 2 aromatic heterocycles. The van der Waals surface area contributed by atoms with Gasteiger partial charge in [-0.3, -0.25) is 9.59 Å². The maximum Gasteiger partial charge on any atom is 0.360 e. The van der Waals surface area contributed by atoms with Crippen LogP contribution in [-0.2, 0) is 26.2 Å². The number of fused-ring (bicyclic) bond motifs is 4. The number of hydrogen-bond donors (Lipinski definition) is 4. The minimum atomic E-state index is -1.30. The average molecular weight is 656 g/mol. The standard InChI is InChI=1S/C35H37N5O8/c1-15(2)24-31-40-26(32-39-25(17(5)46-32)33(44)45-6)28(48-31)35-19-9-7-8-10-21(19)37-34(35)47-23-12-11-18(13-20(23)35)14-22(29(42)38-24)36-30(43)27(41)16(3)4/h7-13,15-16,22,24,27,34,37,41H,14H2,1-6H3,(H,36,43)(H,38,42)/t22-,24-,27-,34?,35?/m0/s1. The summed E-state index contributed by atoms with van der Waals surface area (Å²) >= 11 is 0. The van der Waals surface area contributed by atoms with E-state index in [1.54, 1.807) is 20.8 Å². The van der Waals surface area contributed by atoms with Crippen LogP contribution in [0.5, 0.6) is 5.75 Å². The van der Waals surface area contributed by atoms with Crippen molar-refractivity contribution in [3.05, 3.63) is 82.3 Å². The second-order valence-corrected chi connectivity index (χ2v) is 13.2. The normalized spacial score (nSPS) is 22.9. The number of hydrogen-bond acceptors (Lipinski definition) is 11. The topological polar surface area (TPSA) is 178 Å². The second-order valence-electron chi connectivity index (χ2n) is 13.2. The molecule has 13 nitrogen and oxygen atoms in total. The van der Waals surface area contributed by atoms with Gasteiger partial charge in [-0.15, -0.1) is 0 Å². The molecule has 5 atom stereocenters. The number of para-hydroxylation sites is 1. The number of aromatic nitrogens is 2. The molecule has 0 radical (unpaired) electrons. The van der Waals surface area contributed by atoms with Gasteiger partial charge in [0, 0.05) is 17.7 Å². The number of oxazole rings is 2. The van der Waals surface area contributed by atoms with Gasteiger partial charge in [-0.05, 0) is 42.0 Å². The molecule has 13 heteroatoms. The van der Waals surface area contributed by atoms with Gasteiger partial charge in [-0.1, -0.05) is 58.0 Å². The molecule has 250 valence electrons. The van der Waals surface area contributed by atoms with E-state index in [0.29, 0.717) is 11.5 Å². The van der Waals surface area contributed by atoms with Gasteiger partial charge in [0.1, 0.15) is 35.1 Å². The van der Waals surface area contributed by atoms with Gasteiger partial charge in [-0.2, -0.15) is 0 Å². The number of amides is 2. The van der Waals surface area contributed by atoms with Crippen molar-refractivity contribution in [2.45, 2.75) is 70.9 Å². The lowest BCUT2D eigenvalue weighted by atomic mass is 9.72. The molecule has 7 rings (SSSR count). The Hall–Kier alpha value is -5.17. The van der Waals surface area contributed by atoms with Gasteiger partial charge < -0.3 is 39.4 Å². The Morgan fingerprint density at radius 1 is 1.06 bits per heavy atom. The fraction of sp³-hybridized carbons (Fsp3) is 0.400. The molecule has 1 spiro atoms. The van der Waals surface area contributed by atoms with Crippen LogP contribution in [0.25, 0.3) is 11.6 Å². The van der Waals surface area contributed by atoms with Crippen LogP contribution in [-0.4, -0.2) is 58.3 Å². The van der Waals surface area contributed by atoms with E-state index in [-0.39, 0.29) is 47.2 Å². The number of benzene rings is 2. The number of carbonyl (C=O) groups excluding carboxylic acids is 3. The zero-order chi connectivity index (χ0) is 34.1. The third-order valence-corrected chi connectivity index (χ3v) is 9.33. The Kier molecular flexibility index (Phi) is 7.54. The number of methoxy groups -OCH3 is 1. The first-order valence-electron chi connectivity index (χ1n) is 16.0. The highest BCUT2D eigenvalue weighted by atomic mass is 16.5. The SMILES string of the molecule is COC(=O)c1nc(-c2nc3oc2C24c5ccccc5NC2Oc2ccc(cc24)C[C@H](NC(=O)[C@@H](O)C(C)C)C(=O)N[C@H]3C(C)C)oc1C. The van der Waals surface area contributed by atoms with E-state index in [4.69, 9.17) is 23.3 Å². The van der Waals surface area contributed by atoms with Crippen LogP contribution < -0.4 is 20.7 Å². The highest BCUT2D eigenvalue weighted by Gasteiger charge is 2.61. The van der Waals surface area contributed by atoms with Crippen LogP contribution in [0.2, 0.25) is 0 Å². The fourth-order valence-corrected chi connectivity index (χ4v) is 6.79. The number of esters is 1.